The molecule has 0 aliphatic carbocycles. The first-order valence-electron chi connectivity index (χ1n) is 23.8. The highest BCUT2D eigenvalue weighted by atomic mass is 32.1. The van der Waals surface area contributed by atoms with Gasteiger partial charge >= 0.3 is 0 Å². The zero-order valence-electron chi connectivity index (χ0n) is 38.6. The summed E-state index contributed by atoms with van der Waals surface area (Å²) in [5.74, 6) is 1.03. The first-order valence-corrected chi connectivity index (χ1v) is 24.6. The summed E-state index contributed by atoms with van der Waals surface area (Å²) in [4.78, 5) is 2.15. The number of para-hydroxylation sites is 4. The van der Waals surface area contributed by atoms with Crippen LogP contribution in [0.2, 0.25) is 0 Å². The molecule has 71 heavy (non-hydrogen) atoms. The van der Waals surface area contributed by atoms with Gasteiger partial charge < -0.3 is 29.9 Å². The van der Waals surface area contributed by atoms with Gasteiger partial charge in [0.25, 0.3) is 0 Å². The summed E-state index contributed by atoms with van der Waals surface area (Å²) >= 11 is 1.84. The van der Waals surface area contributed by atoms with Gasteiger partial charge in [-0.2, -0.15) is 0 Å². The van der Waals surface area contributed by atoms with Crippen molar-refractivity contribution in [3.8, 4) is 39.4 Å². The molecular weight excluding hydrogens is 889 g/mol. The molecule has 14 rings (SSSR count). The zero-order chi connectivity index (χ0) is 47.6. The molecule has 2 aromatic heterocycles. The summed E-state index contributed by atoms with van der Waals surface area (Å²) < 4.78 is 11.1. The van der Waals surface area contributed by atoms with Gasteiger partial charge in [0, 0.05) is 70.9 Å². The van der Waals surface area contributed by atoms with Gasteiger partial charge in [0.2, 0.25) is 0 Å². The number of phenolic OH excluding ortho intramolecular Hbond substituents is 1. The van der Waals surface area contributed by atoms with Crippen molar-refractivity contribution in [2.75, 3.05) is 10.2 Å². The summed E-state index contributed by atoms with van der Waals surface area (Å²) in [7, 11) is 0. The number of hydrogen-bond donors (Lipinski definition) is 3. The molecule has 6 nitrogen and oxygen atoms in total. The SMILES string of the molecule is C1=CC2Nc3ccccc3C2N1.C=C1/C=C(N2/C=C\C=C/C(=C)c3ccccc32)\C=C/Oc2ccc(-c3ccc4sc5c(ccc6c5c5ccccc5n6-c5cccc(-c6ccccc6O)c5)c4c3)cc21. The normalized spacial score (nSPS) is 18.5. The maximum Gasteiger partial charge on any atom is 0.134 e. The number of allylic oxidation sites excluding steroid dienone is 7. The summed E-state index contributed by atoms with van der Waals surface area (Å²) in [6, 6.07) is 60.0. The van der Waals surface area contributed by atoms with Crippen molar-refractivity contribution < 1.29 is 9.84 Å². The minimum absolute atomic E-state index is 0.272. The predicted octanol–water partition coefficient (Wildman–Crippen LogP) is 16.2. The van der Waals surface area contributed by atoms with Gasteiger partial charge in [-0.15, -0.1) is 11.3 Å². The molecule has 0 bridgehead atoms. The highest BCUT2D eigenvalue weighted by Crippen LogP contribution is 2.46. The largest absolute Gasteiger partial charge is 0.507 e. The Labute approximate surface area is 415 Å². The molecule has 6 heterocycles. The molecule has 2 atom stereocenters. The smallest absolute Gasteiger partial charge is 0.134 e. The number of anilines is 2. The second-order valence-corrected chi connectivity index (χ2v) is 19.2. The zero-order valence-corrected chi connectivity index (χ0v) is 39.4. The Balaban J connectivity index is 0.000000355. The third-order valence-electron chi connectivity index (χ3n) is 14.0. The summed E-state index contributed by atoms with van der Waals surface area (Å²) in [5, 5.41) is 22.4. The Morgan fingerprint density at radius 3 is 2.37 bits per heavy atom. The van der Waals surface area contributed by atoms with Gasteiger partial charge in [0.1, 0.15) is 11.5 Å². The van der Waals surface area contributed by atoms with Gasteiger partial charge in [0.05, 0.1) is 35.1 Å². The van der Waals surface area contributed by atoms with Crippen molar-refractivity contribution in [2.24, 2.45) is 0 Å². The highest BCUT2D eigenvalue weighted by Gasteiger charge is 2.32. The van der Waals surface area contributed by atoms with Gasteiger partial charge in [0.15, 0.2) is 0 Å². The van der Waals surface area contributed by atoms with E-state index in [0.717, 1.165) is 78.4 Å². The fraction of sp³-hybridized carbons (Fsp3) is 0.0312. The Bertz CT molecular complexity index is 4010. The molecule has 340 valence electrons. The van der Waals surface area contributed by atoms with Crippen LogP contribution < -0.4 is 20.3 Å². The van der Waals surface area contributed by atoms with Gasteiger partial charge in [-0.3, -0.25) is 0 Å². The standard InChI is InChI=1S/C54H36N2O2S.C10H10N2/c1-34-12-9-10-28-55(47-18-6-3-15-41(34)47)39-27-29-58-51-25-21-36(32-45(51)35(2)30-39)37-22-26-52-46(33-37)43-23-24-49-53(54(43)59-52)44-17-4-7-19-48(44)56(49)40-14-11-13-38(31-40)42-16-5-8-20-50(42)57;1-2-4-8-7(3-1)10-9(12-8)5-6-11-10/h3-33,57H,1-2H2;1-6,9-12H/b12-9-,28-10-,29-27-,39-30+;. The monoisotopic (exact) mass is 934 g/mol. The van der Waals surface area contributed by atoms with Gasteiger partial charge in [-0.05, 0) is 131 Å². The molecule has 7 heteroatoms. The number of hydrogen-bond acceptors (Lipinski definition) is 6. The van der Waals surface area contributed by atoms with Crippen molar-refractivity contribution in [3.63, 3.8) is 0 Å². The fourth-order valence-electron chi connectivity index (χ4n) is 10.6. The Hall–Kier alpha value is -9.04. The van der Waals surface area contributed by atoms with Crippen LogP contribution in [0, 0.1) is 0 Å². The Morgan fingerprint density at radius 1 is 0.620 bits per heavy atom. The van der Waals surface area contributed by atoms with E-state index in [1.54, 1.807) is 12.3 Å². The van der Waals surface area contributed by atoms with E-state index in [2.05, 4.69) is 179 Å². The van der Waals surface area contributed by atoms with Crippen LogP contribution in [0.15, 0.2) is 244 Å². The van der Waals surface area contributed by atoms with E-state index in [1.165, 1.54) is 42.2 Å². The molecular formula is C64H46N4O2S. The van der Waals surface area contributed by atoms with Crippen molar-refractivity contribution in [3.05, 3.63) is 261 Å². The van der Waals surface area contributed by atoms with E-state index in [1.807, 2.05) is 78.2 Å². The number of ether oxygens (including phenoxy) is 1. The molecule has 4 aliphatic heterocycles. The third kappa shape index (κ3) is 7.25. The van der Waals surface area contributed by atoms with E-state index in [-0.39, 0.29) is 5.75 Å². The summed E-state index contributed by atoms with van der Waals surface area (Å²) in [6.07, 6.45) is 18.2. The van der Waals surface area contributed by atoms with E-state index in [9.17, 15) is 5.11 Å². The topological polar surface area (TPSA) is 61.7 Å². The third-order valence-corrected chi connectivity index (χ3v) is 15.2. The predicted molar refractivity (Wildman–Crippen MR) is 298 cm³/mol. The number of phenols is 1. The van der Waals surface area contributed by atoms with Crippen molar-refractivity contribution in [2.45, 2.75) is 12.1 Å². The second-order valence-electron chi connectivity index (χ2n) is 18.2. The van der Waals surface area contributed by atoms with Crippen LogP contribution in [0.25, 0.3) is 81.1 Å². The fourth-order valence-corrected chi connectivity index (χ4v) is 11.8. The number of fused-ring (bicyclic) bond motifs is 12. The van der Waals surface area contributed by atoms with Crippen LogP contribution in [0.1, 0.15) is 22.7 Å². The molecule has 4 aliphatic rings. The second kappa shape index (κ2) is 17.2. The minimum Gasteiger partial charge on any atom is -0.507 e. The van der Waals surface area contributed by atoms with Gasteiger partial charge in [-0.25, -0.2) is 0 Å². The molecule has 2 unspecified atom stereocenters. The number of nitrogens with one attached hydrogen (secondary N) is 2. The number of rotatable bonds is 4. The maximum atomic E-state index is 10.7. The molecule has 0 amide bonds. The molecule has 10 aromatic rings. The molecule has 0 saturated heterocycles. The number of thiophene rings is 1. The minimum atomic E-state index is 0.272. The van der Waals surface area contributed by atoms with E-state index in [0.29, 0.717) is 12.1 Å². The van der Waals surface area contributed by atoms with Crippen molar-refractivity contribution >= 4 is 75.8 Å². The lowest BCUT2D eigenvalue weighted by Gasteiger charge is -2.27. The van der Waals surface area contributed by atoms with Crippen LogP contribution in [0.4, 0.5) is 11.4 Å². The highest BCUT2D eigenvalue weighted by molar-refractivity contribution is 7.26. The molecule has 0 fully saturated rings. The lowest BCUT2D eigenvalue weighted by molar-refractivity contribution is 0.477. The number of aromatic nitrogens is 1. The summed E-state index contributed by atoms with van der Waals surface area (Å²) in [6.45, 7) is 8.85. The van der Waals surface area contributed by atoms with E-state index < -0.39 is 0 Å². The molecule has 0 radical (unpaired) electrons. The average Bonchev–Trinajstić information content (AvgIpc) is 4.18. The molecule has 3 N–H and O–H groups in total. The van der Waals surface area contributed by atoms with Gasteiger partial charge in [-0.1, -0.05) is 128 Å². The lowest BCUT2D eigenvalue weighted by atomic mass is 9.96. The number of aromatic hydroxyl groups is 1. The van der Waals surface area contributed by atoms with Crippen LogP contribution >= 0.6 is 11.3 Å². The first-order chi connectivity index (χ1) is 34.9. The van der Waals surface area contributed by atoms with E-state index >= 15 is 0 Å². The molecule has 0 saturated carbocycles. The summed E-state index contributed by atoms with van der Waals surface area (Å²) in [5.41, 5.74) is 15.8. The average molecular weight is 935 g/mol. The van der Waals surface area contributed by atoms with Crippen LogP contribution in [0.5, 0.6) is 11.5 Å². The Morgan fingerprint density at radius 2 is 1.44 bits per heavy atom. The lowest BCUT2D eigenvalue weighted by Crippen LogP contribution is -2.20. The van der Waals surface area contributed by atoms with Crippen LogP contribution in [-0.2, 0) is 0 Å². The first kappa shape index (κ1) is 42.1. The van der Waals surface area contributed by atoms with Crippen LogP contribution in [-0.4, -0.2) is 15.7 Å². The van der Waals surface area contributed by atoms with Crippen LogP contribution in [0.3, 0.4) is 0 Å². The van der Waals surface area contributed by atoms with Crippen molar-refractivity contribution in [1.29, 1.82) is 0 Å². The quantitative estimate of drug-likeness (QED) is 0.164. The number of nitrogens with zero attached hydrogens (tertiary/aromatic N) is 2. The van der Waals surface area contributed by atoms with Crippen molar-refractivity contribution in [1.82, 2.24) is 9.88 Å². The number of benzene rings is 8. The molecule has 0 spiro atoms. The Kier molecular flexibility index (Phi) is 10.2. The maximum absolute atomic E-state index is 10.7. The molecule has 8 aromatic carbocycles. The van der Waals surface area contributed by atoms with E-state index in [4.69, 9.17) is 4.74 Å².